The fraction of sp³-hybridized carbons (Fsp3) is 0.312. The Hall–Kier alpha value is -2.75. The predicted molar refractivity (Wildman–Crippen MR) is 84.7 cm³/mol. The van der Waals surface area contributed by atoms with E-state index in [-0.39, 0.29) is 18.8 Å². The van der Waals surface area contributed by atoms with Gasteiger partial charge in [0.1, 0.15) is 5.69 Å². The minimum Gasteiger partial charge on any atom is -0.364 e. The first-order chi connectivity index (χ1) is 12.4. The van der Waals surface area contributed by atoms with Crippen LogP contribution in [0.4, 0.5) is 28.9 Å². The number of anilines is 1. The molecule has 26 heavy (non-hydrogen) atoms. The van der Waals surface area contributed by atoms with Crippen molar-refractivity contribution in [3.05, 3.63) is 63.5 Å². The third-order valence-corrected chi connectivity index (χ3v) is 4.19. The van der Waals surface area contributed by atoms with Crippen LogP contribution in [0.25, 0.3) is 0 Å². The molecule has 0 radical (unpaired) electrons. The molecule has 10 heteroatoms. The number of piperazine rings is 1. The lowest BCUT2D eigenvalue weighted by molar-refractivity contribution is -0.384. The average Bonchev–Trinajstić information content (AvgIpc) is 2.62. The van der Waals surface area contributed by atoms with Crippen LogP contribution in [0.15, 0.2) is 24.3 Å². The number of nitro benzene ring substituents is 1. The molecular weight excluding hydrogens is 356 g/mol. The molecule has 0 amide bonds. The third-order valence-electron chi connectivity index (χ3n) is 4.19. The van der Waals surface area contributed by atoms with Crippen LogP contribution in [-0.2, 0) is 6.54 Å². The maximum atomic E-state index is 13.8. The van der Waals surface area contributed by atoms with Gasteiger partial charge in [0.25, 0.3) is 17.6 Å². The highest BCUT2D eigenvalue weighted by Crippen LogP contribution is 2.27. The second-order valence-corrected chi connectivity index (χ2v) is 5.86. The lowest BCUT2D eigenvalue weighted by atomic mass is 10.1. The van der Waals surface area contributed by atoms with Crippen LogP contribution in [0.5, 0.6) is 0 Å². The Balaban J connectivity index is 1.69. The molecule has 0 unspecified atom stereocenters. The van der Waals surface area contributed by atoms with Crippen molar-refractivity contribution in [1.29, 1.82) is 0 Å². The molecule has 1 fully saturated rings. The Morgan fingerprint density at radius 2 is 1.65 bits per heavy atom. The topological polar surface area (TPSA) is 62.5 Å². The Morgan fingerprint density at radius 3 is 2.23 bits per heavy atom. The van der Waals surface area contributed by atoms with Gasteiger partial charge in [-0.05, 0) is 5.56 Å². The van der Waals surface area contributed by atoms with Gasteiger partial charge in [0.2, 0.25) is 11.6 Å². The van der Waals surface area contributed by atoms with Gasteiger partial charge in [-0.3, -0.25) is 15.0 Å². The maximum absolute atomic E-state index is 13.8. The summed E-state index contributed by atoms with van der Waals surface area (Å²) in [6.45, 7) is 1.44. The number of nitro groups is 1. The molecule has 1 saturated heterocycles. The lowest BCUT2D eigenvalue weighted by Gasteiger charge is -2.36. The number of rotatable bonds is 4. The van der Waals surface area contributed by atoms with Crippen LogP contribution in [-0.4, -0.2) is 41.0 Å². The molecule has 0 bridgehead atoms. The van der Waals surface area contributed by atoms with Crippen molar-refractivity contribution < 1.29 is 22.5 Å². The van der Waals surface area contributed by atoms with Crippen LogP contribution in [0.3, 0.4) is 0 Å². The van der Waals surface area contributed by atoms with Gasteiger partial charge in [0.05, 0.1) is 4.92 Å². The van der Waals surface area contributed by atoms with E-state index in [1.165, 1.54) is 17.0 Å². The first kappa shape index (κ1) is 18.1. The van der Waals surface area contributed by atoms with Crippen LogP contribution in [0, 0.1) is 33.6 Å². The van der Waals surface area contributed by atoms with Crippen molar-refractivity contribution in [3.8, 4) is 0 Å². The fourth-order valence-electron chi connectivity index (χ4n) is 2.91. The number of aromatic nitrogens is 1. The van der Waals surface area contributed by atoms with E-state index in [9.17, 15) is 27.7 Å². The number of pyridine rings is 1. The second kappa shape index (κ2) is 7.24. The van der Waals surface area contributed by atoms with E-state index >= 15 is 0 Å². The minimum absolute atomic E-state index is 0.0204. The normalized spacial score (nSPS) is 15.3. The summed E-state index contributed by atoms with van der Waals surface area (Å²) in [5.41, 5.74) is -0.0518. The molecule has 0 atom stereocenters. The van der Waals surface area contributed by atoms with Gasteiger partial charge in [-0.15, -0.1) is 0 Å². The molecule has 1 aliphatic heterocycles. The highest BCUT2D eigenvalue weighted by Gasteiger charge is 2.28. The van der Waals surface area contributed by atoms with Crippen LogP contribution in [0.2, 0.25) is 0 Å². The number of nitrogens with zero attached hydrogens (tertiary/aromatic N) is 4. The highest BCUT2D eigenvalue weighted by molar-refractivity contribution is 5.49. The zero-order valence-electron chi connectivity index (χ0n) is 13.5. The van der Waals surface area contributed by atoms with Crippen LogP contribution < -0.4 is 4.90 Å². The predicted octanol–water partition coefficient (Wildman–Crippen LogP) is 2.87. The summed E-state index contributed by atoms with van der Waals surface area (Å²) in [6, 6.07) is 6.17. The molecule has 1 aliphatic rings. The molecule has 1 aromatic carbocycles. The van der Waals surface area contributed by atoms with E-state index in [1.807, 2.05) is 4.90 Å². The molecule has 3 rings (SSSR count). The van der Waals surface area contributed by atoms with Crippen molar-refractivity contribution in [2.24, 2.45) is 0 Å². The average molecular weight is 370 g/mol. The molecule has 0 N–H and O–H groups in total. The molecule has 0 saturated carbocycles. The monoisotopic (exact) mass is 370 g/mol. The molecule has 1 aromatic heterocycles. The largest absolute Gasteiger partial charge is 0.364 e. The SMILES string of the molecule is O=[N+]([O-])c1cccc(CN2CCN(c3c(F)c(F)nc(F)c3F)CC2)c1. The Morgan fingerprint density at radius 1 is 1.04 bits per heavy atom. The second-order valence-electron chi connectivity index (χ2n) is 5.86. The van der Waals surface area contributed by atoms with Crippen molar-refractivity contribution in [3.63, 3.8) is 0 Å². The summed E-state index contributed by atoms with van der Waals surface area (Å²) < 4.78 is 54.2. The summed E-state index contributed by atoms with van der Waals surface area (Å²) in [6.07, 6.45) is 0. The third kappa shape index (κ3) is 3.59. The van der Waals surface area contributed by atoms with Gasteiger partial charge >= 0.3 is 0 Å². The zero-order valence-corrected chi connectivity index (χ0v) is 13.5. The molecular formula is C16H14F4N4O2. The standard InChI is InChI=1S/C16H14F4N4O2/c17-12-14(13(18)16(20)21-15(12)19)23-6-4-22(5-7-23)9-10-2-1-3-11(8-10)24(25)26/h1-3,8H,4-7,9H2. The van der Waals surface area contributed by atoms with E-state index in [2.05, 4.69) is 4.98 Å². The number of hydrogen-bond donors (Lipinski definition) is 0. The molecule has 0 spiro atoms. The molecule has 0 aliphatic carbocycles. The first-order valence-corrected chi connectivity index (χ1v) is 7.77. The molecule has 138 valence electrons. The quantitative estimate of drug-likeness (QED) is 0.358. The number of non-ortho nitro benzene ring substituents is 1. The summed E-state index contributed by atoms with van der Waals surface area (Å²) in [7, 11) is 0. The van der Waals surface area contributed by atoms with Gasteiger partial charge in [-0.2, -0.15) is 22.5 Å². The Labute approximate surface area is 145 Å². The van der Waals surface area contributed by atoms with Crippen LogP contribution >= 0.6 is 0 Å². The highest BCUT2D eigenvalue weighted by atomic mass is 19.2. The van der Waals surface area contributed by atoms with Crippen molar-refractivity contribution in [2.75, 3.05) is 31.1 Å². The Bertz CT molecular complexity index is 815. The van der Waals surface area contributed by atoms with E-state index in [0.29, 0.717) is 19.6 Å². The molecule has 6 nitrogen and oxygen atoms in total. The number of benzene rings is 1. The number of halogens is 4. The fourth-order valence-corrected chi connectivity index (χ4v) is 2.91. The molecule has 2 aromatic rings. The van der Waals surface area contributed by atoms with E-state index in [1.54, 1.807) is 12.1 Å². The van der Waals surface area contributed by atoms with Gasteiger partial charge < -0.3 is 4.90 Å². The van der Waals surface area contributed by atoms with Gasteiger partial charge in [-0.25, -0.2) is 0 Å². The van der Waals surface area contributed by atoms with Gasteiger partial charge in [-0.1, -0.05) is 12.1 Å². The van der Waals surface area contributed by atoms with E-state index < -0.39 is 34.1 Å². The van der Waals surface area contributed by atoms with E-state index in [4.69, 9.17) is 0 Å². The van der Waals surface area contributed by atoms with Gasteiger partial charge in [0.15, 0.2) is 0 Å². The van der Waals surface area contributed by atoms with Gasteiger partial charge in [0, 0.05) is 44.9 Å². The van der Waals surface area contributed by atoms with Crippen LogP contribution in [0.1, 0.15) is 5.56 Å². The minimum atomic E-state index is -1.68. The molecule has 2 heterocycles. The summed E-state index contributed by atoms with van der Waals surface area (Å²) in [4.78, 5) is 16.0. The smallest absolute Gasteiger partial charge is 0.269 e. The maximum Gasteiger partial charge on any atom is 0.269 e. The zero-order chi connectivity index (χ0) is 18.8. The van der Waals surface area contributed by atoms with Crippen molar-refractivity contribution in [1.82, 2.24) is 9.88 Å². The summed E-state index contributed by atoms with van der Waals surface area (Å²) in [5, 5.41) is 10.8. The first-order valence-electron chi connectivity index (χ1n) is 7.77. The van der Waals surface area contributed by atoms with Crippen molar-refractivity contribution in [2.45, 2.75) is 6.54 Å². The summed E-state index contributed by atoms with van der Waals surface area (Å²) >= 11 is 0. The van der Waals surface area contributed by atoms with Crippen molar-refractivity contribution >= 4 is 11.4 Å². The lowest BCUT2D eigenvalue weighted by Crippen LogP contribution is -2.46. The van der Waals surface area contributed by atoms with E-state index in [0.717, 1.165) is 5.56 Å². The number of hydrogen-bond acceptors (Lipinski definition) is 5. The Kier molecular flexibility index (Phi) is 5.03. The summed E-state index contributed by atoms with van der Waals surface area (Å²) in [5.74, 6) is -6.40.